The topological polar surface area (TPSA) is 104 Å². The van der Waals surface area contributed by atoms with Crippen molar-refractivity contribution in [2.75, 3.05) is 13.1 Å². The van der Waals surface area contributed by atoms with Crippen molar-refractivity contribution in [1.29, 1.82) is 0 Å². The van der Waals surface area contributed by atoms with Crippen LogP contribution in [0.1, 0.15) is 38.5 Å². The summed E-state index contributed by atoms with van der Waals surface area (Å²) in [6, 6.07) is -0.291. The third kappa shape index (κ3) is 3.70. The van der Waals surface area contributed by atoms with Crippen LogP contribution in [0.4, 0.5) is 0 Å². The molecule has 114 valence electrons. The maximum Gasteiger partial charge on any atom is 0.233 e. The van der Waals surface area contributed by atoms with Crippen LogP contribution in [0, 0.1) is 11.8 Å². The van der Waals surface area contributed by atoms with Crippen molar-refractivity contribution in [1.82, 2.24) is 10.6 Å². The fourth-order valence-corrected chi connectivity index (χ4v) is 3.34. The average Bonchev–Trinajstić information content (AvgIpc) is 2.82. The third-order valence-corrected chi connectivity index (χ3v) is 4.47. The highest BCUT2D eigenvalue weighted by molar-refractivity contribution is 6.00. The molecule has 2 fully saturated rings. The number of nitrogens with one attached hydrogen (secondary N) is 2. The second kappa shape index (κ2) is 7.04. The quantitative estimate of drug-likeness (QED) is 0.522. The Balaban J connectivity index is 1.98. The van der Waals surface area contributed by atoms with Crippen LogP contribution in [-0.2, 0) is 9.59 Å². The first-order chi connectivity index (χ1) is 9.59. The SMILES string of the molecule is NC(=O)[C@@H](C(=O)NC1CCCNCC1O)C1CCCC1. The molecule has 1 heterocycles. The highest BCUT2D eigenvalue weighted by Crippen LogP contribution is 2.31. The van der Waals surface area contributed by atoms with Crippen LogP contribution in [0.5, 0.6) is 0 Å². The number of aliphatic hydroxyl groups excluding tert-OH is 1. The van der Waals surface area contributed by atoms with Gasteiger partial charge in [0.05, 0.1) is 12.1 Å². The van der Waals surface area contributed by atoms with Crippen molar-refractivity contribution in [2.45, 2.75) is 50.7 Å². The average molecular weight is 283 g/mol. The first-order valence-electron chi connectivity index (χ1n) is 7.58. The minimum atomic E-state index is -0.749. The van der Waals surface area contributed by atoms with E-state index in [9.17, 15) is 14.7 Å². The number of carbonyl (C=O) groups excluding carboxylic acids is 2. The van der Waals surface area contributed by atoms with E-state index >= 15 is 0 Å². The summed E-state index contributed by atoms with van der Waals surface area (Å²) in [6.07, 6.45) is 4.88. The number of aliphatic hydroxyl groups is 1. The second-order valence-electron chi connectivity index (χ2n) is 5.95. The Kier molecular flexibility index (Phi) is 5.37. The zero-order valence-corrected chi connectivity index (χ0v) is 11.8. The molecule has 0 spiro atoms. The van der Waals surface area contributed by atoms with E-state index in [-0.39, 0.29) is 17.9 Å². The summed E-state index contributed by atoms with van der Waals surface area (Å²) in [5.41, 5.74) is 5.41. The van der Waals surface area contributed by atoms with E-state index in [1.54, 1.807) is 0 Å². The lowest BCUT2D eigenvalue weighted by atomic mass is 9.89. The number of β-amino-alcohol motifs (C(OH)–C–C–N with tert-alkyl or cyclic N) is 1. The number of amides is 2. The smallest absolute Gasteiger partial charge is 0.233 e. The summed E-state index contributed by atoms with van der Waals surface area (Å²) >= 11 is 0. The number of hydrogen-bond acceptors (Lipinski definition) is 4. The number of nitrogens with two attached hydrogens (primary N) is 1. The molecule has 20 heavy (non-hydrogen) atoms. The van der Waals surface area contributed by atoms with E-state index < -0.39 is 17.9 Å². The number of primary amides is 1. The van der Waals surface area contributed by atoms with Crippen LogP contribution in [0.25, 0.3) is 0 Å². The Morgan fingerprint density at radius 3 is 2.55 bits per heavy atom. The van der Waals surface area contributed by atoms with Crippen molar-refractivity contribution in [3.05, 3.63) is 0 Å². The fourth-order valence-electron chi connectivity index (χ4n) is 3.34. The van der Waals surface area contributed by atoms with Gasteiger partial charge in [-0.15, -0.1) is 0 Å². The van der Waals surface area contributed by atoms with Gasteiger partial charge < -0.3 is 21.5 Å². The van der Waals surface area contributed by atoms with Gasteiger partial charge in [-0.3, -0.25) is 9.59 Å². The molecule has 2 unspecified atom stereocenters. The van der Waals surface area contributed by atoms with Gasteiger partial charge in [-0.1, -0.05) is 12.8 Å². The standard InChI is InChI=1S/C14H25N3O3/c15-13(19)12(9-4-1-2-5-9)14(20)17-10-6-3-7-16-8-11(10)18/h9-12,16,18H,1-8H2,(H2,15,19)(H,17,20)/t10?,11?,12-/m0/s1. The molecule has 0 aromatic carbocycles. The molecule has 1 aliphatic heterocycles. The first kappa shape index (κ1) is 15.3. The molecule has 0 radical (unpaired) electrons. The molecule has 2 rings (SSSR count). The van der Waals surface area contributed by atoms with Gasteiger partial charge in [0.15, 0.2) is 0 Å². The molecule has 0 aromatic rings. The summed E-state index contributed by atoms with van der Waals surface area (Å²) in [6.45, 7) is 1.31. The van der Waals surface area contributed by atoms with Gasteiger partial charge in [0.25, 0.3) is 0 Å². The summed E-state index contributed by atoms with van der Waals surface area (Å²) in [5.74, 6) is -1.54. The van der Waals surface area contributed by atoms with Gasteiger partial charge in [0.2, 0.25) is 11.8 Å². The highest BCUT2D eigenvalue weighted by atomic mass is 16.3. The van der Waals surface area contributed by atoms with Gasteiger partial charge in [0.1, 0.15) is 5.92 Å². The third-order valence-electron chi connectivity index (χ3n) is 4.47. The summed E-state index contributed by atoms with van der Waals surface area (Å²) < 4.78 is 0. The lowest BCUT2D eigenvalue weighted by Gasteiger charge is -2.26. The monoisotopic (exact) mass is 283 g/mol. The molecule has 2 aliphatic rings. The van der Waals surface area contributed by atoms with Crippen molar-refractivity contribution < 1.29 is 14.7 Å². The summed E-state index contributed by atoms with van der Waals surface area (Å²) in [7, 11) is 0. The maximum absolute atomic E-state index is 12.4. The van der Waals surface area contributed by atoms with Crippen LogP contribution in [0.2, 0.25) is 0 Å². The summed E-state index contributed by atoms with van der Waals surface area (Å²) in [5, 5.41) is 15.9. The van der Waals surface area contributed by atoms with Crippen LogP contribution >= 0.6 is 0 Å². The minimum Gasteiger partial charge on any atom is -0.390 e. The molecule has 0 bridgehead atoms. The van der Waals surface area contributed by atoms with E-state index in [1.807, 2.05) is 0 Å². The maximum atomic E-state index is 12.4. The second-order valence-corrected chi connectivity index (χ2v) is 5.95. The van der Waals surface area contributed by atoms with Gasteiger partial charge in [-0.05, 0) is 38.1 Å². The molecule has 1 aliphatic carbocycles. The van der Waals surface area contributed by atoms with Crippen LogP contribution < -0.4 is 16.4 Å². The highest BCUT2D eigenvalue weighted by Gasteiger charge is 2.36. The minimum absolute atomic E-state index is 0.0635. The van der Waals surface area contributed by atoms with E-state index in [0.29, 0.717) is 6.54 Å². The van der Waals surface area contributed by atoms with Crippen molar-refractivity contribution in [3.63, 3.8) is 0 Å². The molecular weight excluding hydrogens is 258 g/mol. The normalized spacial score (nSPS) is 29.6. The zero-order chi connectivity index (χ0) is 14.5. The Morgan fingerprint density at radius 2 is 1.90 bits per heavy atom. The molecule has 3 atom stereocenters. The molecule has 6 heteroatoms. The van der Waals surface area contributed by atoms with Crippen molar-refractivity contribution >= 4 is 11.8 Å². The van der Waals surface area contributed by atoms with E-state index in [1.165, 1.54) is 0 Å². The summed E-state index contributed by atoms with van der Waals surface area (Å²) in [4.78, 5) is 24.0. The molecule has 5 N–H and O–H groups in total. The Bertz CT molecular complexity index is 356. The van der Waals surface area contributed by atoms with E-state index in [4.69, 9.17) is 5.73 Å². The van der Waals surface area contributed by atoms with Gasteiger partial charge in [-0.2, -0.15) is 0 Å². The number of hydrogen-bond donors (Lipinski definition) is 4. The Hall–Kier alpha value is -1.14. The van der Waals surface area contributed by atoms with Crippen LogP contribution in [-0.4, -0.2) is 42.2 Å². The largest absolute Gasteiger partial charge is 0.390 e. The lowest BCUT2D eigenvalue weighted by Crippen LogP contribution is -2.51. The van der Waals surface area contributed by atoms with E-state index in [2.05, 4.69) is 10.6 Å². The predicted molar refractivity (Wildman–Crippen MR) is 74.7 cm³/mol. The molecule has 1 saturated carbocycles. The molecular formula is C14H25N3O3. The predicted octanol–water partition coefficient (Wildman–Crippen LogP) is -0.493. The molecule has 2 amide bonds. The Morgan fingerprint density at radius 1 is 1.20 bits per heavy atom. The Labute approximate surface area is 119 Å². The fraction of sp³-hybridized carbons (Fsp3) is 0.857. The number of rotatable bonds is 4. The van der Waals surface area contributed by atoms with Gasteiger partial charge >= 0.3 is 0 Å². The lowest BCUT2D eigenvalue weighted by molar-refractivity contribution is -0.136. The van der Waals surface area contributed by atoms with Gasteiger partial charge in [0, 0.05) is 6.54 Å². The molecule has 6 nitrogen and oxygen atoms in total. The van der Waals surface area contributed by atoms with Crippen molar-refractivity contribution in [3.8, 4) is 0 Å². The molecule has 0 aromatic heterocycles. The zero-order valence-electron chi connectivity index (χ0n) is 11.8. The van der Waals surface area contributed by atoms with Gasteiger partial charge in [-0.25, -0.2) is 0 Å². The van der Waals surface area contributed by atoms with Crippen LogP contribution in [0.15, 0.2) is 0 Å². The number of carbonyl (C=O) groups is 2. The van der Waals surface area contributed by atoms with E-state index in [0.717, 1.165) is 45.1 Å². The molecule has 1 saturated heterocycles. The first-order valence-corrected chi connectivity index (χ1v) is 7.58. The van der Waals surface area contributed by atoms with Crippen molar-refractivity contribution in [2.24, 2.45) is 17.6 Å². The van der Waals surface area contributed by atoms with Crippen LogP contribution in [0.3, 0.4) is 0 Å².